The molecular formula is C17H22N2OS. The molecule has 0 spiro atoms. The van der Waals surface area contributed by atoms with Crippen LogP contribution in [0, 0.1) is 0 Å². The number of aryl methyl sites for hydroxylation is 4. The third kappa shape index (κ3) is 3.10. The first-order valence-corrected chi connectivity index (χ1v) is 8.65. The monoisotopic (exact) mass is 302 g/mol. The first kappa shape index (κ1) is 14.5. The molecule has 0 saturated carbocycles. The minimum absolute atomic E-state index is 0.235. The SMILES string of the molecule is CCc1cc(CC(=O)c2cc3c(s2)CCCCC3)n(C)n1. The molecule has 0 atom stereocenters. The average molecular weight is 302 g/mol. The largest absolute Gasteiger partial charge is 0.293 e. The van der Waals surface area contributed by atoms with Crippen LogP contribution >= 0.6 is 11.3 Å². The zero-order valence-electron chi connectivity index (χ0n) is 12.8. The maximum Gasteiger partial charge on any atom is 0.178 e. The van der Waals surface area contributed by atoms with Crippen LogP contribution in [0.2, 0.25) is 0 Å². The number of hydrogen-bond acceptors (Lipinski definition) is 3. The van der Waals surface area contributed by atoms with Crippen LogP contribution in [0.3, 0.4) is 0 Å². The Labute approximate surface area is 130 Å². The van der Waals surface area contributed by atoms with Crippen molar-refractivity contribution in [3.8, 4) is 0 Å². The van der Waals surface area contributed by atoms with Crippen molar-refractivity contribution in [3.63, 3.8) is 0 Å². The highest BCUT2D eigenvalue weighted by atomic mass is 32.1. The fourth-order valence-electron chi connectivity index (χ4n) is 2.97. The summed E-state index contributed by atoms with van der Waals surface area (Å²) in [6.45, 7) is 2.09. The van der Waals surface area contributed by atoms with E-state index < -0.39 is 0 Å². The van der Waals surface area contributed by atoms with Crippen LogP contribution in [-0.4, -0.2) is 15.6 Å². The van der Waals surface area contributed by atoms with E-state index in [1.54, 1.807) is 11.3 Å². The number of fused-ring (bicyclic) bond motifs is 1. The zero-order chi connectivity index (χ0) is 14.8. The summed E-state index contributed by atoms with van der Waals surface area (Å²) in [5, 5.41) is 4.42. The van der Waals surface area contributed by atoms with Gasteiger partial charge >= 0.3 is 0 Å². The van der Waals surface area contributed by atoms with Gasteiger partial charge < -0.3 is 0 Å². The van der Waals surface area contributed by atoms with Gasteiger partial charge in [-0.05, 0) is 49.8 Å². The van der Waals surface area contributed by atoms with E-state index in [9.17, 15) is 4.79 Å². The average Bonchev–Trinajstić information content (AvgIpc) is 2.96. The minimum atomic E-state index is 0.235. The van der Waals surface area contributed by atoms with Gasteiger partial charge in [0.2, 0.25) is 0 Å². The molecule has 21 heavy (non-hydrogen) atoms. The Balaban J connectivity index is 1.77. The number of aromatic nitrogens is 2. The van der Waals surface area contributed by atoms with Crippen molar-refractivity contribution in [2.45, 2.75) is 51.9 Å². The smallest absolute Gasteiger partial charge is 0.178 e. The number of rotatable bonds is 4. The van der Waals surface area contributed by atoms with Crippen molar-refractivity contribution in [1.82, 2.24) is 9.78 Å². The van der Waals surface area contributed by atoms with Gasteiger partial charge in [0.15, 0.2) is 5.78 Å². The highest BCUT2D eigenvalue weighted by molar-refractivity contribution is 7.14. The highest BCUT2D eigenvalue weighted by Crippen LogP contribution is 2.29. The van der Waals surface area contributed by atoms with E-state index in [4.69, 9.17) is 0 Å². The van der Waals surface area contributed by atoms with Gasteiger partial charge in [0.05, 0.1) is 17.0 Å². The Kier molecular flexibility index (Phi) is 4.24. The molecule has 4 heteroatoms. The summed E-state index contributed by atoms with van der Waals surface area (Å²) in [6.07, 6.45) is 7.52. The van der Waals surface area contributed by atoms with Crippen molar-refractivity contribution >= 4 is 17.1 Å². The quantitative estimate of drug-likeness (QED) is 0.637. The van der Waals surface area contributed by atoms with Gasteiger partial charge in [0, 0.05) is 17.6 Å². The normalized spacial score (nSPS) is 14.8. The number of Topliss-reactive ketones (excluding diaryl/α,β-unsaturated/α-hetero) is 1. The molecule has 0 amide bonds. The number of carbonyl (C=O) groups excluding carboxylic acids is 1. The van der Waals surface area contributed by atoms with Crippen LogP contribution in [0.5, 0.6) is 0 Å². The van der Waals surface area contributed by atoms with Crippen molar-refractivity contribution in [2.24, 2.45) is 7.05 Å². The van der Waals surface area contributed by atoms with Gasteiger partial charge in [0.25, 0.3) is 0 Å². The topological polar surface area (TPSA) is 34.9 Å². The first-order chi connectivity index (χ1) is 10.2. The van der Waals surface area contributed by atoms with Crippen molar-refractivity contribution in [3.05, 3.63) is 38.8 Å². The van der Waals surface area contributed by atoms with E-state index in [2.05, 4.69) is 24.2 Å². The lowest BCUT2D eigenvalue weighted by molar-refractivity contribution is 0.0994. The summed E-state index contributed by atoms with van der Waals surface area (Å²) in [7, 11) is 1.92. The molecule has 0 aromatic carbocycles. The number of ketones is 1. The molecule has 2 aromatic rings. The van der Waals surface area contributed by atoms with Gasteiger partial charge in [-0.3, -0.25) is 9.48 Å². The second kappa shape index (κ2) is 6.14. The van der Waals surface area contributed by atoms with Crippen molar-refractivity contribution < 1.29 is 4.79 Å². The summed E-state index contributed by atoms with van der Waals surface area (Å²) in [5.74, 6) is 0.235. The number of carbonyl (C=O) groups is 1. The molecule has 1 aliphatic rings. The van der Waals surface area contributed by atoms with Crippen LogP contribution in [0.4, 0.5) is 0 Å². The second-order valence-electron chi connectivity index (χ2n) is 5.82. The third-order valence-electron chi connectivity index (χ3n) is 4.25. The lowest BCUT2D eigenvalue weighted by atomic mass is 10.1. The van der Waals surface area contributed by atoms with E-state index in [0.29, 0.717) is 6.42 Å². The van der Waals surface area contributed by atoms with Gasteiger partial charge in [-0.1, -0.05) is 13.3 Å². The summed E-state index contributed by atoms with van der Waals surface area (Å²) in [5.41, 5.74) is 3.49. The molecule has 2 heterocycles. The van der Waals surface area contributed by atoms with Crippen LogP contribution in [-0.2, 0) is 32.7 Å². The lowest BCUT2D eigenvalue weighted by Crippen LogP contribution is -2.06. The molecule has 0 N–H and O–H groups in total. The van der Waals surface area contributed by atoms with Crippen LogP contribution < -0.4 is 0 Å². The predicted molar refractivity (Wildman–Crippen MR) is 86.2 cm³/mol. The van der Waals surface area contributed by atoms with Crippen molar-refractivity contribution in [1.29, 1.82) is 0 Å². The van der Waals surface area contributed by atoms with Crippen LogP contribution in [0.1, 0.15) is 57.7 Å². The summed E-state index contributed by atoms with van der Waals surface area (Å²) >= 11 is 1.72. The molecule has 112 valence electrons. The number of thiophene rings is 1. The Morgan fingerprint density at radius 3 is 2.86 bits per heavy atom. The molecule has 0 radical (unpaired) electrons. The number of nitrogens with zero attached hydrogens (tertiary/aromatic N) is 2. The zero-order valence-corrected chi connectivity index (χ0v) is 13.6. The lowest BCUT2D eigenvalue weighted by Gasteiger charge is -1.99. The Morgan fingerprint density at radius 2 is 2.10 bits per heavy atom. The van der Waals surface area contributed by atoms with Crippen molar-refractivity contribution in [2.75, 3.05) is 0 Å². The molecule has 0 aliphatic heterocycles. The molecule has 0 fully saturated rings. The second-order valence-corrected chi connectivity index (χ2v) is 6.96. The predicted octanol–water partition coefficient (Wildman–Crippen LogP) is 3.74. The first-order valence-electron chi connectivity index (χ1n) is 7.84. The van der Waals surface area contributed by atoms with Gasteiger partial charge in [0.1, 0.15) is 0 Å². The Hall–Kier alpha value is -1.42. The maximum absolute atomic E-state index is 12.5. The molecular weight excluding hydrogens is 280 g/mol. The molecule has 0 bridgehead atoms. The van der Waals surface area contributed by atoms with Crippen LogP contribution in [0.15, 0.2) is 12.1 Å². The molecule has 3 nitrogen and oxygen atoms in total. The van der Waals surface area contributed by atoms with Gasteiger partial charge in [-0.2, -0.15) is 5.10 Å². The molecule has 2 aromatic heterocycles. The minimum Gasteiger partial charge on any atom is -0.293 e. The van der Waals surface area contributed by atoms with Crippen LogP contribution in [0.25, 0.3) is 0 Å². The fourth-order valence-corrected chi connectivity index (χ4v) is 4.16. The third-order valence-corrected chi connectivity index (χ3v) is 5.53. The van der Waals surface area contributed by atoms with E-state index >= 15 is 0 Å². The fraction of sp³-hybridized carbons (Fsp3) is 0.529. The van der Waals surface area contributed by atoms with E-state index in [1.165, 1.54) is 29.7 Å². The number of hydrogen-bond donors (Lipinski definition) is 0. The standard InChI is InChI=1S/C17H22N2OS/c1-3-13-10-14(19(2)18-13)11-15(20)17-9-12-7-5-4-6-8-16(12)21-17/h9-10H,3-8,11H2,1-2H3. The Bertz CT molecular complexity index is 630. The molecule has 0 unspecified atom stereocenters. The molecule has 1 aliphatic carbocycles. The van der Waals surface area contributed by atoms with Gasteiger partial charge in [-0.15, -0.1) is 11.3 Å². The molecule has 3 rings (SSSR count). The van der Waals surface area contributed by atoms with E-state index in [-0.39, 0.29) is 5.78 Å². The Morgan fingerprint density at radius 1 is 1.29 bits per heavy atom. The summed E-state index contributed by atoms with van der Waals surface area (Å²) < 4.78 is 1.84. The summed E-state index contributed by atoms with van der Waals surface area (Å²) in [6, 6.07) is 4.20. The van der Waals surface area contributed by atoms with E-state index in [0.717, 1.165) is 35.5 Å². The summed E-state index contributed by atoms with van der Waals surface area (Å²) in [4.78, 5) is 14.9. The highest BCUT2D eigenvalue weighted by Gasteiger charge is 2.18. The maximum atomic E-state index is 12.5. The van der Waals surface area contributed by atoms with E-state index in [1.807, 2.05) is 11.7 Å². The molecule has 0 saturated heterocycles. The van der Waals surface area contributed by atoms with Gasteiger partial charge in [-0.25, -0.2) is 0 Å².